The Morgan fingerprint density at radius 1 is 0.371 bits per heavy atom. The highest BCUT2D eigenvalue weighted by Crippen LogP contribution is 2.43. The second-order valence-corrected chi connectivity index (χ2v) is 9.42. The van der Waals surface area contributed by atoms with E-state index in [0.717, 1.165) is 0 Å². The first-order valence-electron chi connectivity index (χ1n) is 12.1. The monoisotopic (exact) mass is 445 g/mol. The zero-order valence-electron chi connectivity index (χ0n) is 18.8. The van der Waals surface area contributed by atoms with Crippen LogP contribution in [0.5, 0.6) is 0 Å². The predicted octanol–water partition coefficient (Wildman–Crippen LogP) is 8.19. The molecule has 0 aliphatic rings. The highest BCUT2D eigenvalue weighted by Gasteiger charge is 2.24. The summed E-state index contributed by atoms with van der Waals surface area (Å²) in [7, 11) is 0. The van der Waals surface area contributed by atoms with Gasteiger partial charge in [0.2, 0.25) is 0 Å². The van der Waals surface area contributed by atoms with Crippen molar-refractivity contribution in [3.63, 3.8) is 0 Å². The quantitative estimate of drug-likeness (QED) is 0.242. The van der Waals surface area contributed by atoms with Crippen LogP contribution in [-0.2, 0) is 0 Å². The van der Waals surface area contributed by atoms with E-state index in [4.69, 9.17) is 0 Å². The summed E-state index contributed by atoms with van der Waals surface area (Å²) in [5.74, 6) is 0. The molecule has 9 aromatic rings. The van der Waals surface area contributed by atoms with Crippen LogP contribution in [-0.4, -0.2) is 13.4 Å². The fourth-order valence-electron chi connectivity index (χ4n) is 6.46. The molecule has 9 rings (SSSR count). The van der Waals surface area contributed by atoms with Crippen LogP contribution in [0.1, 0.15) is 0 Å². The van der Waals surface area contributed by atoms with Gasteiger partial charge in [-0.2, -0.15) is 0 Å². The third kappa shape index (κ3) is 1.96. The Hall–Kier alpha value is -4.76. The second-order valence-electron chi connectivity index (χ2n) is 9.42. The van der Waals surface area contributed by atoms with Gasteiger partial charge in [0.15, 0.2) is 0 Å². The molecular formula is C32H19N3. The number of hydrogen-bond acceptors (Lipinski definition) is 0. The van der Waals surface area contributed by atoms with Crippen molar-refractivity contribution in [1.82, 2.24) is 13.4 Å². The van der Waals surface area contributed by atoms with Crippen LogP contribution in [0.25, 0.3) is 71.4 Å². The fraction of sp³-hybridized carbons (Fsp3) is 0. The summed E-state index contributed by atoms with van der Waals surface area (Å²) >= 11 is 0. The van der Waals surface area contributed by atoms with Crippen molar-refractivity contribution in [1.29, 1.82) is 0 Å². The van der Waals surface area contributed by atoms with Crippen LogP contribution >= 0.6 is 0 Å². The van der Waals surface area contributed by atoms with Crippen LogP contribution in [0, 0.1) is 0 Å². The number of para-hydroxylation sites is 6. The van der Waals surface area contributed by atoms with Crippen LogP contribution < -0.4 is 0 Å². The molecule has 3 heteroatoms. The molecule has 0 aliphatic carbocycles. The molecule has 162 valence electrons. The van der Waals surface area contributed by atoms with Gasteiger partial charge in [-0.1, -0.05) is 78.9 Å². The topological polar surface area (TPSA) is 13.8 Å². The number of imidazole rings is 1. The Kier molecular flexibility index (Phi) is 3.04. The fourth-order valence-corrected chi connectivity index (χ4v) is 6.46. The van der Waals surface area contributed by atoms with Gasteiger partial charge in [0.05, 0.1) is 38.8 Å². The van der Waals surface area contributed by atoms with Crippen molar-refractivity contribution in [2.45, 2.75) is 0 Å². The summed E-state index contributed by atoms with van der Waals surface area (Å²) < 4.78 is 7.37. The molecule has 4 aromatic heterocycles. The van der Waals surface area contributed by atoms with Gasteiger partial charge in [-0.3, -0.25) is 8.80 Å². The van der Waals surface area contributed by atoms with E-state index in [1.54, 1.807) is 0 Å². The first-order chi connectivity index (χ1) is 17.4. The highest BCUT2D eigenvalue weighted by atomic mass is 15.1. The van der Waals surface area contributed by atoms with Gasteiger partial charge in [-0.25, -0.2) is 0 Å². The minimum Gasteiger partial charge on any atom is -0.307 e. The van der Waals surface area contributed by atoms with Gasteiger partial charge in [-0.15, -0.1) is 0 Å². The van der Waals surface area contributed by atoms with E-state index in [1.807, 2.05) is 0 Å². The van der Waals surface area contributed by atoms with Gasteiger partial charge < -0.3 is 4.57 Å². The Balaban J connectivity index is 1.61. The van der Waals surface area contributed by atoms with Gasteiger partial charge in [0.25, 0.3) is 0 Å². The normalized spacial score (nSPS) is 12.6. The Bertz CT molecular complexity index is 2210. The lowest BCUT2D eigenvalue weighted by Crippen LogP contribution is -1.96. The average Bonchev–Trinajstić information content (AvgIpc) is 3.62. The molecule has 0 fully saturated rings. The van der Waals surface area contributed by atoms with Crippen molar-refractivity contribution in [2.24, 2.45) is 0 Å². The van der Waals surface area contributed by atoms with Crippen LogP contribution in [0.15, 0.2) is 115 Å². The molecule has 4 heterocycles. The third-order valence-corrected chi connectivity index (χ3v) is 7.75. The van der Waals surface area contributed by atoms with E-state index < -0.39 is 0 Å². The number of hydrogen-bond donors (Lipinski definition) is 0. The van der Waals surface area contributed by atoms with E-state index in [-0.39, 0.29) is 0 Å². The molecule has 0 amide bonds. The van der Waals surface area contributed by atoms with Crippen LogP contribution in [0.2, 0.25) is 0 Å². The first-order valence-corrected chi connectivity index (χ1v) is 12.1. The smallest absolute Gasteiger partial charge is 0.131 e. The molecule has 0 atom stereocenters. The summed E-state index contributed by atoms with van der Waals surface area (Å²) in [5, 5.41) is 6.50. The lowest BCUT2D eigenvalue weighted by atomic mass is 10.1. The summed E-state index contributed by atoms with van der Waals surface area (Å²) in [6.45, 7) is 0. The van der Waals surface area contributed by atoms with Crippen molar-refractivity contribution >= 4 is 65.7 Å². The predicted molar refractivity (Wildman–Crippen MR) is 146 cm³/mol. The number of benzene rings is 5. The third-order valence-electron chi connectivity index (χ3n) is 7.75. The zero-order valence-corrected chi connectivity index (χ0v) is 18.8. The van der Waals surface area contributed by atoms with Crippen molar-refractivity contribution in [2.75, 3.05) is 0 Å². The molecule has 0 saturated carbocycles. The molecule has 0 unspecified atom stereocenters. The standard InChI is InChI=1S/C32H19N3/c1-4-14-24-20(10-1)21-11-2-5-15-25(21)33(24)29-19-9-13-23-30-22-12-3-6-16-26(22)34-27-17-7-8-18-28(27)35(31(23)29)32(30)34/h1-19H. The van der Waals surface area contributed by atoms with E-state index in [2.05, 4.69) is 129 Å². The largest absolute Gasteiger partial charge is 0.307 e. The molecule has 0 aliphatic heterocycles. The van der Waals surface area contributed by atoms with Gasteiger partial charge >= 0.3 is 0 Å². The summed E-state index contributed by atoms with van der Waals surface area (Å²) in [6.07, 6.45) is 0. The number of nitrogens with zero attached hydrogens (tertiary/aromatic N) is 3. The van der Waals surface area contributed by atoms with Crippen molar-refractivity contribution in [3.05, 3.63) is 115 Å². The van der Waals surface area contributed by atoms with Crippen LogP contribution in [0.3, 0.4) is 0 Å². The Morgan fingerprint density at radius 3 is 1.57 bits per heavy atom. The molecule has 0 spiro atoms. The minimum atomic E-state index is 1.21. The lowest BCUT2D eigenvalue weighted by Gasteiger charge is -2.10. The molecule has 0 N–H and O–H groups in total. The maximum atomic E-state index is 2.48. The Labute approximate surface area is 200 Å². The Morgan fingerprint density at radius 2 is 0.886 bits per heavy atom. The molecule has 5 aromatic carbocycles. The summed E-state index contributed by atoms with van der Waals surface area (Å²) in [4.78, 5) is 0. The molecular weight excluding hydrogens is 426 g/mol. The van der Waals surface area contributed by atoms with E-state index in [9.17, 15) is 0 Å². The second kappa shape index (κ2) is 6.02. The van der Waals surface area contributed by atoms with Crippen molar-refractivity contribution in [3.8, 4) is 5.69 Å². The average molecular weight is 446 g/mol. The maximum Gasteiger partial charge on any atom is 0.131 e. The highest BCUT2D eigenvalue weighted by molar-refractivity contribution is 6.25. The molecule has 35 heavy (non-hydrogen) atoms. The zero-order chi connectivity index (χ0) is 22.7. The van der Waals surface area contributed by atoms with E-state index >= 15 is 0 Å². The number of aromatic nitrogens is 3. The molecule has 0 saturated heterocycles. The van der Waals surface area contributed by atoms with Crippen molar-refractivity contribution < 1.29 is 0 Å². The molecule has 0 bridgehead atoms. The summed E-state index contributed by atoms with van der Waals surface area (Å²) in [5.41, 5.74) is 9.94. The lowest BCUT2D eigenvalue weighted by molar-refractivity contribution is 1.17. The number of fused-ring (bicyclic) bond motifs is 12. The summed E-state index contributed by atoms with van der Waals surface area (Å²) in [6, 6.07) is 41.9. The van der Waals surface area contributed by atoms with Crippen LogP contribution in [0.4, 0.5) is 0 Å². The minimum absolute atomic E-state index is 1.21. The molecule has 3 nitrogen and oxygen atoms in total. The SMILES string of the molecule is c1ccc2c(c1)c1ccccc1n2-c1cccc2c3c4ccccc4n4c5ccccc5n(c12)c34. The number of rotatable bonds is 1. The van der Waals surface area contributed by atoms with Gasteiger partial charge in [-0.05, 0) is 36.4 Å². The van der Waals surface area contributed by atoms with E-state index in [0.29, 0.717) is 0 Å². The van der Waals surface area contributed by atoms with E-state index in [1.165, 1.54) is 71.4 Å². The maximum absolute atomic E-state index is 2.48. The first kappa shape index (κ1) is 17.7. The molecule has 0 radical (unpaired) electrons. The van der Waals surface area contributed by atoms with Gasteiger partial charge in [0.1, 0.15) is 5.65 Å². The van der Waals surface area contributed by atoms with Gasteiger partial charge in [0, 0.05) is 26.9 Å².